The highest BCUT2D eigenvalue weighted by molar-refractivity contribution is 7.91. The van der Waals surface area contributed by atoms with E-state index in [0.717, 1.165) is 16.7 Å². The lowest BCUT2D eigenvalue weighted by Gasteiger charge is -2.23. The van der Waals surface area contributed by atoms with Crippen LogP contribution in [-0.4, -0.2) is 50.2 Å². The summed E-state index contributed by atoms with van der Waals surface area (Å²) in [5.74, 6) is 2.87. The van der Waals surface area contributed by atoms with Gasteiger partial charge in [-0.1, -0.05) is 13.8 Å². The van der Waals surface area contributed by atoms with Gasteiger partial charge in [-0.3, -0.25) is 0 Å². The third-order valence-corrected chi connectivity index (χ3v) is 7.15. The molecular weight excluding hydrogens is 404 g/mol. The van der Waals surface area contributed by atoms with E-state index in [1.165, 1.54) is 0 Å². The molecule has 1 fully saturated rings. The zero-order valence-electron chi connectivity index (χ0n) is 17.9. The van der Waals surface area contributed by atoms with E-state index in [-0.39, 0.29) is 17.5 Å². The van der Waals surface area contributed by atoms with Crippen LogP contribution in [0.15, 0.2) is 18.3 Å². The number of anilines is 2. The van der Waals surface area contributed by atoms with Gasteiger partial charge in [-0.25, -0.2) is 13.4 Å². The number of methoxy groups -OCH3 is 2. The van der Waals surface area contributed by atoms with Crippen LogP contribution in [0.25, 0.3) is 0 Å². The molecule has 0 aliphatic carbocycles. The van der Waals surface area contributed by atoms with E-state index in [0.29, 0.717) is 48.4 Å². The van der Waals surface area contributed by atoms with Crippen molar-refractivity contribution in [2.45, 2.75) is 45.1 Å². The van der Waals surface area contributed by atoms with Crippen LogP contribution >= 0.6 is 0 Å². The Morgan fingerprint density at radius 1 is 1.13 bits per heavy atom. The van der Waals surface area contributed by atoms with Gasteiger partial charge in [0.05, 0.1) is 25.7 Å². The molecule has 164 valence electrons. The summed E-state index contributed by atoms with van der Waals surface area (Å²) < 4.78 is 34.1. The van der Waals surface area contributed by atoms with Crippen LogP contribution in [0.1, 0.15) is 49.3 Å². The number of nitrogen functional groups attached to an aromatic ring is 1. The molecule has 1 saturated heterocycles. The molecule has 0 atom stereocenters. The van der Waals surface area contributed by atoms with Gasteiger partial charge in [-0.2, -0.15) is 4.98 Å². The number of nitrogens with two attached hydrogens (primary N) is 1. The molecule has 2 heterocycles. The Kier molecular flexibility index (Phi) is 6.70. The third kappa shape index (κ3) is 5.13. The van der Waals surface area contributed by atoms with Gasteiger partial charge in [0.25, 0.3) is 0 Å². The molecule has 30 heavy (non-hydrogen) atoms. The summed E-state index contributed by atoms with van der Waals surface area (Å²) in [6.07, 6.45) is 3.40. The first-order chi connectivity index (χ1) is 14.2. The Hall–Kier alpha value is -2.55. The van der Waals surface area contributed by atoms with E-state index in [1.807, 2.05) is 12.1 Å². The van der Waals surface area contributed by atoms with Crippen molar-refractivity contribution in [2.24, 2.45) is 0 Å². The van der Waals surface area contributed by atoms with Crippen molar-refractivity contribution in [1.82, 2.24) is 9.97 Å². The molecule has 0 amide bonds. The highest BCUT2D eigenvalue weighted by atomic mass is 32.2. The summed E-state index contributed by atoms with van der Waals surface area (Å²) in [6, 6.07) is 4.02. The fraction of sp³-hybridized carbons (Fsp3) is 0.524. The van der Waals surface area contributed by atoms with Gasteiger partial charge in [0.1, 0.15) is 15.7 Å². The van der Waals surface area contributed by atoms with E-state index in [2.05, 4.69) is 29.1 Å². The lowest BCUT2D eigenvalue weighted by atomic mass is 9.92. The molecule has 0 bridgehead atoms. The highest BCUT2D eigenvalue weighted by Crippen LogP contribution is 2.35. The van der Waals surface area contributed by atoms with Gasteiger partial charge >= 0.3 is 0 Å². The van der Waals surface area contributed by atoms with E-state index >= 15 is 0 Å². The predicted molar refractivity (Wildman–Crippen MR) is 118 cm³/mol. The molecule has 1 aliphatic rings. The molecule has 0 radical (unpaired) electrons. The number of hydrogen-bond acceptors (Lipinski definition) is 8. The number of benzene rings is 1. The smallest absolute Gasteiger partial charge is 0.224 e. The summed E-state index contributed by atoms with van der Waals surface area (Å²) in [7, 11) is 0.338. The molecular formula is C21H30N4O4S. The molecule has 1 aromatic heterocycles. The van der Waals surface area contributed by atoms with Crippen LogP contribution in [0.2, 0.25) is 0 Å². The molecule has 9 heteroatoms. The fourth-order valence-corrected chi connectivity index (χ4v) is 5.17. The van der Waals surface area contributed by atoms with E-state index < -0.39 is 9.84 Å². The quantitative estimate of drug-likeness (QED) is 0.683. The van der Waals surface area contributed by atoms with E-state index in [4.69, 9.17) is 15.2 Å². The Morgan fingerprint density at radius 3 is 2.33 bits per heavy atom. The van der Waals surface area contributed by atoms with E-state index in [1.54, 1.807) is 20.4 Å². The number of sulfone groups is 1. The van der Waals surface area contributed by atoms with Crippen LogP contribution in [-0.2, 0) is 16.3 Å². The van der Waals surface area contributed by atoms with Gasteiger partial charge in [-0.05, 0) is 42.0 Å². The molecule has 2 aromatic rings. The molecule has 1 aromatic carbocycles. The molecule has 0 unspecified atom stereocenters. The van der Waals surface area contributed by atoms with Crippen molar-refractivity contribution in [3.63, 3.8) is 0 Å². The Bertz CT molecular complexity index is 994. The number of nitrogens with one attached hydrogen (secondary N) is 1. The molecule has 3 N–H and O–H groups in total. The maximum Gasteiger partial charge on any atom is 0.224 e. The SMILES string of the molecule is COc1cc(Cc2cnc(NC3CCS(=O)(=O)CC3)nc2N)c(C(C)C)cc1OC. The average Bonchev–Trinajstić information content (AvgIpc) is 2.71. The zero-order valence-corrected chi connectivity index (χ0v) is 18.8. The zero-order chi connectivity index (χ0) is 21.9. The van der Waals surface area contributed by atoms with Crippen LogP contribution in [0.5, 0.6) is 11.5 Å². The molecule has 1 aliphatic heterocycles. The summed E-state index contributed by atoms with van der Waals surface area (Å²) in [6.45, 7) is 4.25. The summed E-state index contributed by atoms with van der Waals surface area (Å²) >= 11 is 0. The topological polar surface area (TPSA) is 116 Å². The second kappa shape index (κ2) is 9.07. The predicted octanol–water partition coefficient (Wildman–Crippen LogP) is 2.78. The van der Waals surface area contributed by atoms with Gasteiger partial charge in [0.2, 0.25) is 5.95 Å². The minimum Gasteiger partial charge on any atom is -0.493 e. The minimum absolute atomic E-state index is 0.0390. The van der Waals surface area contributed by atoms with Crippen molar-refractivity contribution in [3.05, 3.63) is 35.0 Å². The second-order valence-electron chi connectivity index (χ2n) is 7.91. The van der Waals surface area contributed by atoms with Crippen LogP contribution in [0, 0.1) is 0 Å². The number of hydrogen-bond donors (Lipinski definition) is 2. The lowest BCUT2D eigenvalue weighted by Crippen LogP contribution is -2.32. The van der Waals surface area contributed by atoms with Gasteiger partial charge in [-0.15, -0.1) is 0 Å². The molecule has 3 rings (SSSR count). The Labute approximate surface area is 178 Å². The fourth-order valence-electron chi connectivity index (χ4n) is 3.68. The van der Waals surface area contributed by atoms with Crippen molar-refractivity contribution in [2.75, 3.05) is 36.8 Å². The van der Waals surface area contributed by atoms with Crippen LogP contribution in [0.4, 0.5) is 11.8 Å². The maximum atomic E-state index is 11.6. The first-order valence-electron chi connectivity index (χ1n) is 10.1. The first kappa shape index (κ1) is 22.1. The number of aromatic nitrogens is 2. The normalized spacial score (nSPS) is 16.4. The van der Waals surface area contributed by atoms with Crippen molar-refractivity contribution >= 4 is 21.6 Å². The number of nitrogens with zero attached hydrogens (tertiary/aromatic N) is 2. The third-order valence-electron chi connectivity index (χ3n) is 5.43. The summed E-state index contributed by atoms with van der Waals surface area (Å²) in [5.41, 5.74) is 9.28. The summed E-state index contributed by atoms with van der Waals surface area (Å²) in [4.78, 5) is 8.81. The minimum atomic E-state index is -2.90. The van der Waals surface area contributed by atoms with Crippen LogP contribution in [0.3, 0.4) is 0 Å². The Morgan fingerprint density at radius 2 is 1.77 bits per heavy atom. The maximum absolute atomic E-state index is 11.6. The van der Waals surface area contributed by atoms with E-state index in [9.17, 15) is 8.42 Å². The van der Waals surface area contributed by atoms with Gasteiger partial charge in [0.15, 0.2) is 11.5 Å². The monoisotopic (exact) mass is 434 g/mol. The first-order valence-corrected chi connectivity index (χ1v) is 11.9. The van der Waals surface area contributed by atoms with Crippen molar-refractivity contribution < 1.29 is 17.9 Å². The number of ether oxygens (including phenoxy) is 2. The average molecular weight is 435 g/mol. The molecule has 8 nitrogen and oxygen atoms in total. The van der Waals surface area contributed by atoms with Crippen molar-refractivity contribution in [3.8, 4) is 11.5 Å². The Balaban J connectivity index is 1.79. The van der Waals surface area contributed by atoms with Crippen molar-refractivity contribution in [1.29, 1.82) is 0 Å². The van der Waals surface area contributed by atoms with Gasteiger partial charge in [0, 0.05) is 24.2 Å². The molecule has 0 saturated carbocycles. The second-order valence-corrected chi connectivity index (χ2v) is 10.2. The summed E-state index contributed by atoms with van der Waals surface area (Å²) in [5, 5.41) is 3.21. The standard InChI is InChI=1S/C21H30N4O4S/c1-13(2)17-11-19(29-4)18(28-3)10-14(17)9-15-12-23-21(25-20(15)22)24-16-5-7-30(26,27)8-6-16/h10-13,16H,5-9H2,1-4H3,(H3,22,23,24,25). The number of rotatable bonds is 7. The molecule has 0 spiro atoms. The van der Waals surface area contributed by atoms with Gasteiger partial charge < -0.3 is 20.5 Å². The van der Waals surface area contributed by atoms with Crippen LogP contribution < -0.4 is 20.5 Å². The highest BCUT2D eigenvalue weighted by Gasteiger charge is 2.24. The lowest BCUT2D eigenvalue weighted by molar-refractivity contribution is 0.354. The largest absolute Gasteiger partial charge is 0.493 e.